The van der Waals surface area contributed by atoms with E-state index < -0.39 is 0 Å². The molecule has 0 aromatic heterocycles. The van der Waals surface area contributed by atoms with Crippen molar-refractivity contribution < 1.29 is 0 Å². The molecule has 0 nitrogen and oxygen atoms in total. The Balaban J connectivity index is 0.000000531. The van der Waals surface area contributed by atoms with Crippen molar-refractivity contribution in [2.45, 2.75) is 18.7 Å². The van der Waals surface area contributed by atoms with Gasteiger partial charge in [-0.3, -0.25) is 0 Å². The van der Waals surface area contributed by atoms with Gasteiger partial charge in [0, 0.05) is 5.56 Å². The summed E-state index contributed by atoms with van der Waals surface area (Å²) in [5, 5.41) is 0. The molecule has 0 aliphatic carbocycles. The molecule has 0 heterocycles. The van der Waals surface area contributed by atoms with E-state index in [0.29, 0.717) is 0 Å². The van der Waals surface area contributed by atoms with Gasteiger partial charge in [0.15, 0.2) is 4.90 Å². The summed E-state index contributed by atoms with van der Waals surface area (Å²) in [6.45, 7) is 4.00. The third-order valence-corrected chi connectivity index (χ3v) is 2.45. The lowest BCUT2D eigenvalue weighted by Crippen LogP contribution is -1.80. The standard InChI is InChI=1S/C12H10S.C2H6/c13-12-9-5-4-8-11(12)10-6-2-1-3-7-10;1-2/h1-9,13H;1-2H3/p+1. The zero-order chi connectivity index (χ0) is 11.1. The summed E-state index contributed by atoms with van der Waals surface area (Å²) >= 11 is 3.58. The highest BCUT2D eigenvalue weighted by atomic mass is 32.1. The Bertz CT molecular complexity index is 393. The van der Waals surface area contributed by atoms with Crippen molar-refractivity contribution in [1.82, 2.24) is 0 Å². The van der Waals surface area contributed by atoms with Gasteiger partial charge in [-0.05, 0) is 30.3 Å². The Morgan fingerprint density at radius 1 is 0.733 bits per heavy atom. The molecule has 0 fully saturated rings. The van der Waals surface area contributed by atoms with Gasteiger partial charge in [-0.15, -0.1) is 0 Å². The summed E-state index contributed by atoms with van der Waals surface area (Å²) in [7, 11) is 0. The van der Waals surface area contributed by atoms with E-state index in [9.17, 15) is 0 Å². The van der Waals surface area contributed by atoms with Crippen molar-refractivity contribution in [2.24, 2.45) is 0 Å². The molecule has 1 heteroatoms. The summed E-state index contributed by atoms with van der Waals surface area (Å²) < 4.78 is 0. The lowest BCUT2D eigenvalue weighted by atomic mass is 10.1. The third-order valence-electron chi connectivity index (χ3n) is 2.01. The highest BCUT2D eigenvalue weighted by Crippen LogP contribution is 2.22. The van der Waals surface area contributed by atoms with Gasteiger partial charge in [0.1, 0.15) is 0 Å². The van der Waals surface area contributed by atoms with Gasteiger partial charge in [0.2, 0.25) is 0 Å². The molecule has 15 heavy (non-hydrogen) atoms. The minimum atomic E-state index is 1.13. The van der Waals surface area contributed by atoms with Crippen LogP contribution in [0, 0.1) is 0 Å². The van der Waals surface area contributed by atoms with Crippen molar-refractivity contribution in [3.05, 3.63) is 54.6 Å². The fourth-order valence-corrected chi connectivity index (χ4v) is 1.68. The van der Waals surface area contributed by atoms with Crippen LogP contribution in [0.25, 0.3) is 11.1 Å². The molecule has 0 radical (unpaired) electrons. The summed E-state index contributed by atoms with van der Waals surface area (Å²) in [6.07, 6.45) is 0. The van der Waals surface area contributed by atoms with Crippen LogP contribution in [-0.2, 0) is 12.6 Å². The van der Waals surface area contributed by atoms with E-state index in [1.54, 1.807) is 0 Å². The minimum Gasteiger partial charge on any atom is -0.0683 e. The Labute approximate surface area is 97.4 Å². The lowest BCUT2D eigenvalue weighted by molar-refractivity contribution is 1.45. The summed E-state index contributed by atoms with van der Waals surface area (Å²) in [5.74, 6) is 0. The Morgan fingerprint density at radius 3 is 1.87 bits per heavy atom. The maximum Gasteiger partial charge on any atom is 0.158 e. The molecule has 0 saturated heterocycles. The van der Waals surface area contributed by atoms with Crippen LogP contribution in [0.3, 0.4) is 0 Å². The van der Waals surface area contributed by atoms with Crippen LogP contribution >= 0.6 is 0 Å². The van der Waals surface area contributed by atoms with Crippen LogP contribution in [0.1, 0.15) is 13.8 Å². The van der Waals surface area contributed by atoms with Crippen molar-refractivity contribution in [3.8, 4) is 11.1 Å². The summed E-state index contributed by atoms with van der Waals surface area (Å²) in [5.41, 5.74) is 2.48. The van der Waals surface area contributed by atoms with Crippen LogP contribution in [-0.4, -0.2) is 0 Å². The van der Waals surface area contributed by atoms with E-state index in [2.05, 4.69) is 36.9 Å². The molecule has 0 atom stereocenters. The molecule has 0 saturated carbocycles. The molecule has 2 aromatic rings. The fraction of sp³-hybridized carbons (Fsp3) is 0.143. The first-order valence-electron chi connectivity index (χ1n) is 5.24. The number of hydrogen-bond acceptors (Lipinski definition) is 0. The van der Waals surface area contributed by atoms with Gasteiger partial charge in [0.25, 0.3) is 0 Å². The van der Waals surface area contributed by atoms with E-state index in [1.807, 2.05) is 44.2 Å². The highest BCUT2D eigenvalue weighted by Gasteiger charge is 2.03. The predicted molar refractivity (Wildman–Crippen MR) is 71.6 cm³/mol. The topological polar surface area (TPSA) is 0 Å². The second-order valence-electron chi connectivity index (χ2n) is 2.91. The van der Waals surface area contributed by atoms with Crippen LogP contribution in [0.4, 0.5) is 0 Å². The van der Waals surface area contributed by atoms with E-state index in [1.165, 1.54) is 11.1 Å². The van der Waals surface area contributed by atoms with E-state index in [0.717, 1.165) is 4.90 Å². The van der Waals surface area contributed by atoms with Crippen LogP contribution in [0.2, 0.25) is 0 Å². The van der Waals surface area contributed by atoms with Gasteiger partial charge in [-0.2, -0.15) is 0 Å². The van der Waals surface area contributed by atoms with E-state index in [-0.39, 0.29) is 0 Å². The SMILES string of the molecule is CC.[SH2+]c1ccccc1-c1ccccc1. The lowest BCUT2D eigenvalue weighted by Gasteiger charge is -1.99. The molecular formula is C14H17S+. The quantitative estimate of drug-likeness (QED) is 0.638. The molecule has 0 unspecified atom stereocenters. The van der Waals surface area contributed by atoms with E-state index in [4.69, 9.17) is 0 Å². The molecule has 0 spiro atoms. The first-order valence-corrected chi connectivity index (χ1v) is 5.74. The molecule has 0 bridgehead atoms. The molecule has 0 aliphatic heterocycles. The molecule has 0 aliphatic rings. The van der Waals surface area contributed by atoms with Crippen LogP contribution < -0.4 is 0 Å². The smallest absolute Gasteiger partial charge is 0.0683 e. The maximum absolute atomic E-state index is 3.58. The normalized spacial score (nSPS) is 9.00. The van der Waals surface area contributed by atoms with Crippen LogP contribution in [0.5, 0.6) is 0 Å². The van der Waals surface area contributed by atoms with Gasteiger partial charge in [0.05, 0.1) is 0 Å². The minimum absolute atomic E-state index is 1.13. The average molecular weight is 217 g/mol. The number of benzene rings is 2. The molecule has 2 aromatic carbocycles. The number of rotatable bonds is 1. The van der Waals surface area contributed by atoms with E-state index >= 15 is 0 Å². The first kappa shape index (κ1) is 11.9. The highest BCUT2D eigenvalue weighted by molar-refractivity contribution is 7.59. The first-order chi connectivity index (χ1) is 7.38. The zero-order valence-corrected chi connectivity index (χ0v) is 10.2. The van der Waals surface area contributed by atoms with Crippen molar-refractivity contribution >= 4 is 12.6 Å². The largest absolute Gasteiger partial charge is 0.158 e. The predicted octanol–water partition coefficient (Wildman–Crippen LogP) is 3.75. The molecule has 2 rings (SSSR count). The summed E-state index contributed by atoms with van der Waals surface area (Å²) in [4.78, 5) is 1.13. The Morgan fingerprint density at radius 2 is 1.27 bits per heavy atom. The zero-order valence-electron chi connectivity index (χ0n) is 9.20. The molecular weight excluding hydrogens is 200 g/mol. The molecule has 0 N–H and O–H groups in total. The second kappa shape index (κ2) is 6.31. The van der Waals surface area contributed by atoms with Crippen LogP contribution in [0.15, 0.2) is 59.5 Å². The van der Waals surface area contributed by atoms with Gasteiger partial charge >= 0.3 is 0 Å². The number of hydrogen-bond donors (Lipinski definition) is 0. The second-order valence-corrected chi connectivity index (χ2v) is 3.45. The van der Waals surface area contributed by atoms with Crippen molar-refractivity contribution in [1.29, 1.82) is 0 Å². The fourth-order valence-electron chi connectivity index (χ4n) is 1.35. The summed E-state index contributed by atoms with van der Waals surface area (Å²) in [6, 6.07) is 18.6. The maximum atomic E-state index is 3.58. The average Bonchev–Trinajstić information content (AvgIpc) is 2.33. The third kappa shape index (κ3) is 3.14. The van der Waals surface area contributed by atoms with Gasteiger partial charge < -0.3 is 0 Å². The Kier molecular flexibility index (Phi) is 4.99. The van der Waals surface area contributed by atoms with Gasteiger partial charge in [-0.25, -0.2) is 0 Å². The molecule has 0 amide bonds. The van der Waals surface area contributed by atoms with Crippen molar-refractivity contribution in [3.63, 3.8) is 0 Å². The van der Waals surface area contributed by atoms with Gasteiger partial charge in [-0.1, -0.05) is 56.3 Å². The molecule has 78 valence electrons. The van der Waals surface area contributed by atoms with Crippen molar-refractivity contribution in [2.75, 3.05) is 0 Å². The monoisotopic (exact) mass is 217 g/mol. The Hall–Kier alpha value is -1.21.